The van der Waals surface area contributed by atoms with Gasteiger partial charge < -0.3 is 0 Å². The molecule has 0 saturated carbocycles. The van der Waals surface area contributed by atoms with Crippen LogP contribution in [0.2, 0.25) is 0 Å². The summed E-state index contributed by atoms with van der Waals surface area (Å²) in [7, 11) is -3.24. The quantitative estimate of drug-likeness (QED) is 0.757. The van der Waals surface area contributed by atoms with E-state index >= 15 is 0 Å². The highest BCUT2D eigenvalue weighted by atomic mass is 32.2. The third-order valence-corrected chi connectivity index (χ3v) is 4.66. The summed E-state index contributed by atoms with van der Waals surface area (Å²) in [6.07, 6.45) is 1.52. The van der Waals surface area contributed by atoms with E-state index < -0.39 is 10.0 Å². The Morgan fingerprint density at radius 1 is 1.31 bits per heavy atom. The summed E-state index contributed by atoms with van der Waals surface area (Å²) in [6.45, 7) is 2.11. The van der Waals surface area contributed by atoms with Crippen LogP contribution in [-0.2, 0) is 10.0 Å². The molecule has 0 aliphatic carbocycles. The van der Waals surface area contributed by atoms with Crippen molar-refractivity contribution in [3.63, 3.8) is 0 Å². The number of benzene rings is 1. The fourth-order valence-corrected chi connectivity index (χ4v) is 3.45. The molecule has 88 valence electrons. The van der Waals surface area contributed by atoms with E-state index in [-0.39, 0.29) is 11.6 Å². The highest BCUT2D eigenvalue weighted by Crippen LogP contribution is 2.24. The average Bonchev–Trinajstić information content (AvgIpc) is 2.22. The summed E-state index contributed by atoms with van der Waals surface area (Å²) in [5, 5.41) is 0. The van der Waals surface area contributed by atoms with Crippen LogP contribution in [0.25, 0.3) is 0 Å². The molecule has 1 saturated heterocycles. The van der Waals surface area contributed by atoms with Crippen molar-refractivity contribution in [2.75, 3.05) is 16.6 Å². The van der Waals surface area contributed by atoms with Gasteiger partial charge >= 0.3 is 0 Å². The monoisotopic (exact) mass is 243 g/mol. The van der Waals surface area contributed by atoms with Crippen molar-refractivity contribution < 1.29 is 12.8 Å². The van der Waals surface area contributed by atoms with Gasteiger partial charge in [-0.2, -0.15) is 0 Å². The largest absolute Gasteiger partial charge is 0.270 e. The normalized spacial score (nSPS) is 19.8. The van der Waals surface area contributed by atoms with Crippen LogP contribution in [0.1, 0.15) is 18.4 Å². The van der Waals surface area contributed by atoms with Gasteiger partial charge in [-0.3, -0.25) is 4.31 Å². The molecule has 1 aliphatic rings. The van der Waals surface area contributed by atoms with Gasteiger partial charge in [-0.25, -0.2) is 12.8 Å². The van der Waals surface area contributed by atoms with Crippen molar-refractivity contribution in [2.24, 2.45) is 0 Å². The first-order chi connectivity index (χ1) is 7.50. The van der Waals surface area contributed by atoms with Gasteiger partial charge in [0.25, 0.3) is 0 Å². The fourth-order valence-electron chi connectivity index (χ4n) is 1.82. The second kappa shape index (κ2) is 4.05. The zero-order chi connectivity index (χ0) is 11.8. The van der Waals surface area contributed by atoms with E-state index in [4.69, 9.17) is 0 Å². The van der Waals surface area contributed by atoms with E-state index in [0.717, 1.165) is 6.42 Å². The van der Waals surface area contributed by atoms with Gasteiger partial charge in [-0.05, 0) is 37.5 Å². The molecule has 0 aromatic heterocycles. The van der Waals surface area contributed by atoms with Crippen molar-refractivity contribution in [1.82, 2.24) is 0 Å². The standard InChI is InChI=1S/C11H14FNO2S/c1-9-4-5-10(8-11(9)12)13-6-2-3-7-16(13,14)15/h4-5,8H,2-3,6-7H2,1H3. The summed E-state index contributed by atoms with van der Waals surface area (Å²) in [6, 6.07) is 4.55. The summed E-state index contributed by atoms with van der Waals surface area (Å²) in [4.78, 5) is 0. The van der Waals surface area contributed by atoms with Gasteiger partial charge in [0.15, 0.2) is 0 Å². The molecular formula is C11H14FNO2S. The number of hydrogen-bond acceptors (Lipinski definition) is 2. The van der Waals surface area contributed by atoms with Gasteiger partial charge in [0.2, 0.25) is 10.0 Å². The lowest BCUT2D eigenvalue weighted by atomic mass is 10.2. The molecule has 1 aromatic rings. The van der Waals surface area contributed by atoms with Crippen LogP contribution >= 0.6 is 0 Å². The summed E-state index contributed by atoms with van der Waals surface area (Å²) < 4.78 is 38.2. The number of rotatable bonds is 1. The van der Waals surface area contributed by atoms with Crippen LogP contribution in [0.3, 0.4) is 0 Å². The van der Waals surface area contributed by atoms with Crippen LogP contribution in [-0.4, -0.2) is 20.7 Å². The molecule has 1 aliphatic heterocycles. The maximum atomic E-state index is 13.4. The molecule has 1 heterocycles. The Morgan fingerprint density at radius 2 is 2.06 bits per heavy atom. The lowest BCUT2D eigenvalue weighted by molar-refractivity contribution is 0.573. The average molecular weight is 243 g/mol. The fraction of sp³-hybridized carbons (Fsp3) is 0.455. The lowest BCUT2D eigenvalue weighted by Crippen LogP contribution is -2.37. The molecule has 0 spiro atoms. The van der Waals surface area contributed by atoms with E-state index in [0.29, 0.717) is 24.2 Å². The van der Waals surface area contributed by atoms with Crippen LogP contribution in [0.15, 0.2) is 18.2 Å². The molecular weight excluding hydrogens is 229 g/mol. The van der Waals surface area contributed by atoms with E-state index in [1.165, 1.54) is 10.4 Å². The topological polar surface area (TPSA) is 37.4 Å². The van der Waals surface area contributed by atoms with Crippen LogP contribution in [0, 0.1) is 12.7 Å². The van der Waals surface area contributed by atoms with Crippen molar-refractivity contribution in [2.45, 2.75) is 19.8 Å². The van der Waals surface area contributed by atoms with Gasteiger partial charge in [-0.15, -0.1) is 0 Å². The SMILES string of the molecule is Cc1ccc(N2CCCCS2(=O)=O)cc1F. The molecule has 0 N–H and O–H groups in total. The van der Waals surface area contributed by atoms with Gasteiger partial charge in [0.1, 0.15) is 5.82 Å². The van der Waals surface area contributed by atoms with Gasteiger partial charge in [-0.1, -0.05) is 6.07 Å². The van der Waals surface area contributed by atoms with Crippen LogP contribution in [0.4, 0.5) is 10.1 Å². The highest BCUT2D eigenvalue weighted by molar-refractivity contribution is 7.92. The molecule has 1 fully saturated rings. The Kier molecular flexibility index (Phi) is 2.88. The first kappa shape index (κ1) is 11.4. The molecule has 0 atom stereocenters. The summed E-state index contributed by atoms with van der Waals surface area (Å²) >= 11 is 0. The molecule has 0 bridgehead atoms. The first-order valence-electron chi connectivity index (χ1n) is 5.27. The number of hydrogen-bond donors (Lipinski definition) is 0. The number of anilines is 1. The van der Waals surface area contributed by atoms with E-state index in [2.05, 4.69) is 0 Å². The Hall–Kier alpha value is -1.10. The highest BCUT2D eigenvalue weighted by Gasteiger charge is 2.26. The maximum Gasteiger partial charge on any atom is 0.235 e. The number of aryl methyl sites for hydroxylation is 1. The molecule has 0 amide bonds. The third-order valence-electron chi connectivity index (χ3n) is 2.79. The minimum absolute atomic E-state index is 0.155. The molecule has 0 radical (unpaired) electrons. The van der Waals surface area contributed by atoms with Crippen molar-refractivity contribution in [1.29, 1.82) is 0 Å². The minimum Gasteiger partial charge on any atom is -0.270 e. The Labute approximate surface area is 94.9 Å². The number of sulfonamides is 1. The second-order valence-corrected chi connectivity index (χ2v) is 6.04. The molecule has 3 nitrogen and oxygen atoms in total. The zero-order valence-electron chi connectivity index (χ0n) is 9.11. The molecule has 16 heavy (non-hydrogen) atoms. The minimum atomic E-state index is -3.24. The summed E-state index contributed by atoms with van der Waals surface area (Å²) in [5.74, 6) is -0.207. The van der Waals surface area contributed by atoms with Gasteiger partial charge in [0.05, 0.1) is 11.4 Å². The van der Waals surface area contributed by atoms with Crippen molar-refractivity contribution in [3.8, 4) is 0 Å². The maximum absolute atomic E-state index is 13.4. The lowest BCUT2D eigenvalue weighted by Gasteiger charge is -2.28. The second-order valence-electron chi connectivity index (χ2n) is 4.03. The van der Waals surface area contributed by atoms with Crippen LogP contribution < -0.4 is 4.31 Å². The smallest absolute Gasteiger partial charge is 0.235 e. The van der Waals surface area contributed by atoms with E-state index in [1.807, 2.05) is 0 Å². The van der Waals surface area contributed by atoms with Crippen LogP contribution in [0.5, 0.6) is 0 Å². The van der Waals surface area contributed by atoms with E-state index in [9.17, 15) is 12.8 Å². The van der Waals surface area contributed by atoms with E-state index in [1.54, 1.807) is 19.1 Å². The van der Waals surface area contributed by atoms with Crippen molar-refractivity contribution in [3.05, 3.63) is 29.6 Å². The Bertz CT molecular complexity index is 499. The first-order valence-corrected chi connectivity index (χ1v) is 6.88. The molecule has 0 unspecified atom stereocenters. The third kappa shape index (κ3) is 2.04. The predicted molar refractivity (Wildman–Crippen MR) is 61.5 cm³/mol. The summed E-state index contributed by atoms with van der Waals surface area (Å²) in [5.41, 5.74) is 0.959. The van der Waals surface area contributed by atoms with Crippen molar-refractivity contribution >= 4 is 15.7 Å². The molecule has 1 aromatic carbocycles. The molecule has 5 heteroatoms. The molecule has 2 rings (SSSR count). The Balaban J connectivity index is 2.39. The zero-order valence-corrected chi connectivity index (χ0v) is 9.93. The number of halogens is 1. The number of nitrogens with zero attached hydrogens (tertiary/aromatic N) is 1. The predicted octanol–water partition coefficient (Wildman–Crippen LogP) is 2.06. The Morgan fingerprint density at radius 3 is 2.69 bits per heavy atom. The van der Waals surface area contributed by atoms with Gasteiger partial charge in [0, 0.05) is 6.54 Å².